The zero-order valence-corrected chi connectivity index (χ0v) is 16.0. The van der Waals surface area contributed by atoms with Crippen LogP contribution in [0, 0.1) is 0 Å². The summed E-state index contributed by atoms with van der Waals surface area (Å²) in [5.74, 6) is 0.728. The van der Waals surface area contributed by atoms with Crippen LogP contribution in [0.25, 0.3) is 22.6 Å². The maximum atomic E-state index is 10.9. The van der Waals surface area contributed by atoms with Crippen LogP contribution in [-0.2, 0) is 25.6 Å². The van der Waals surface area contributed by atoms with Gasteiger partial charge in [0.05, 0.1) is 6.61 Å². The minimum atomic E-state index is -3.40. The lowest BCUT2D eigenvalue weighted by molar-refractivity contribution is -0.0587. The van der Waals surface area contributed by atoms with Crippen molar-refractivity contribution >= 4 is 35.5 Å². The molecule has 3 aromatic rings. The zero-order chi connectivity index (χ0) is 19.5. The van der Waals surface area contributed by atoms with Crippen molar-refractivity contribution in [1.29, 1.82) is 0 Å². The molecule has 0 spiro atoms. The third kappa shape index (κ3) is 2.83. The average Bonchev–Trinajstić information content (AvgIpc) is 3.21. The normalized spacial score (nSPS) is 32.5. The second kappa shape index (κ2) is 6.53. The van der Waals surface area contributed by atoms with Crippen molar-refractivity contribution in [2.45, 2.75) is 24.5 Å². The van der Waals surface area contributed by atoms with Gasteiger partial charge in [-0.25, -0.2) is 15.0 Å². The van der Waals surface area contributed by atoms with Gasteiger partial charge in [0.25, 0.3) is 0 Å². The minimum Gasteiger partial charge on any atom is -0.386 e. The summed E-state index contributed by atoms with van der Waals surface area (Å²) in [5.41, 5.74) is 7.59. The van der Waals surface area contributed by atoms with Crippen molar-refractivity contribution in [3.8, 4) is 11.4 Å². The van der Waals surface area contributed by atoms with Gasteiger partial charge in [0.15, 0.2) is 23.2 Å². The second-order valence-corrected chi connectivity index (χ2v) is 9.28. The van der Waals surface area contributed by atoms with Gasteiger partial charge in [0.2, 0.25) is 0 Å². The van der Waals surface area contributed by atoms with Crippen LogP contribution in [0.15, 0.2) is 36.7 Å². The molecule has 2 saturated heterocycles. The van der Waals surface area contributed by atoms with Gasteiger partial charge in [-0.1, -0.05) is 30.3 Å². The fourth-order valence-corrected chi connectivity index (χ4v) is 4.95. The molecule has 0 saturated carbocycles. The molecule has 1 aromatic carbocycles. The van der Waals surface area contributed by atoms with Gasteiger partial charge in [0.1, 0.15) is 30.5 Å². The molecule has 12 heteroatoms. The highest BCUT2D eigenvalue weighted by molar-refractivity contribution is 8.07. The summed E-state index contributed by atoms with van der Waals surface area (Å²) < 4.78 is 18.3. The van der Waals surface area contributed by atoms with Crippen molar-refractivity contribution < 1.29 is 23.8 Å². The van der Waals surface area contributed by atoms with Crippen LogP contribution < -0.4 is 5.73 Å². The Morgan fingerprint density at radius 3 is 2.82 bits per heavy atom. The van der Waals surface area contributed by atoms with Gasteiger partial charge in [-0.2, -0.15) is 0 Å². The monoisotopic (exact) mass is 421 g/mol. The Labute approximate surface area is 164 Å². The number of aromatic nitrogens is 4. The van der Waals surface area contributed by atoms with Crippen molar-refractivity contribution in [2.75, 3.05) is 12.3 Å². The van der Waals surface area contributed by atoms with Crippen molar-refractivity contribution in [2.24, 2.45) is 0 Å². The van der Waals surface area contributed by atoms with E-state index < -0.39 is 31.3 Å². The van der Waals surface area contributed by atoms with Crippen LogP contribution in [0.4, 0.5) is 5.82 Å². The number of nitrogen functional groups attached to an aromatic ring is 1. The number of aliphatic hydroxyl groups is 1. The quantitative estimate of drug-likeness (QED) is 0.513. The smallest absolute Gasteiger partial charge is 0.325 e. The molecule has 10 nitrogen and oxygen atoms in total. The SMILES string of the molecule is Nc1ncnc2c1nc(-c1ccccc1)n2C1OC2COP(O)(=S)OC2C1O. The number of fused-ring (bicyclic) bond motifs is 2. The second-order valence-electron chi connectivity index (χ2n) is 6.49. The molecule has 2 fully saturated rings. The predicted molar refractivity (Wildman–Crippen MR) is 102 cm³/mol. The van der Waals surface area contributed by atoms with E-state index in [9.17, 15) is 10.00 Å². The first-order valence-electron chi connectivity index (χ1n) is 8.48. The van der Waals surface area contributed by atoms with Crippen LogP contribution in [0.5, 0.6) is 0 Å². The first-order chi connectivity index (χ1) is 13.4. The van der Waals surface area contributed by atoms with Crippen molar-refractivity contribution in [3.63, 3.8) is 0 Å². The van der Waals surface area contributed by atoms with Crippen LogP contribution in [0.2, 0.25) is 0 Å². The molecule has 2 aliphatic rings. The van der Waals surface area contributed by atoms with Crippen molar-refractivity contribution in [3.05, 3.63) is 36.7 Å². The Bertz CT molecular complexity index is 1100. The Hall–Kier alpha value is -1.98. The van der Waals surface area contributed by atoms with E-state index in [0.717, 1.165) is 5.56 Å². The van der Waals surface area contributed by atoms with E-state index in [0.29, 0.717) is 17.0 Å². The van der Waals surface area contributed by atoms with Gasteiger partial charge in [-0.05, 0) is 11.8 Å². The predicted octanol–water partition coefficient (Wildman–Crippen LogP) is 0.966. The lowest BCUT2D eigenvalue weighted by Crippen LogP contribution is -2.39. The molecule has 4 heterocycles. The topological polar surface area (TPSA) is 138 Å². The van der Waals surface area contributed by atoms with E-state index in [2.05, 4.69) is 15.0 Å². The summed E-state index contributed by atoms with van der Waals surface area (Å²) in [6.07, 6.45) is -2.11. The van der Waals surface area contributed by atoms with E-state index in [4.69, 9.17) is 31.3 Å². The molecule has 146 valence electrons. The number of nitrogens with zero attached hydrogens (tertiary/aromatic N) is 4. The number of imidazole rings is 1. The van der Waals surface area contributed by atoms with Crippen LogP contribution in [-0.4, -0.2) is 54.4 Å². The molecule has 5 atom stereocenters. The van der Waals surface area contributed by atoms with Gasteiger partial charge in [-0.15, -0.1) is 0 Å². The highest BCUT2D eigenvalue weighted by Crippen LogP contribution is 2.53. The summed E-state index contributed by atoms with van der Waals surface area (Å²) in [5, 5.41) is 10.9. The summed E-state index contributed by atoms with van der Waals surface area (Å²) in [6.45, 7) is -3.38. The molecule has 0 aliphatic carbocycles. The molecule has 4 N–H and O–H groups in total. The standard InChI is InChI=1S/C16H16N5O5PS/c17-13-10-15(19-7-18-13)21(14(20-10)8-4-2-1-3-5-8)16-11(22)12-9(25-16)6-24-27(23,28)26-12/h1-5,7,9,11-12,16,22H,6H2,(H,23,28)(H2,17,18,19). The number of aliphatic hydroxyl groups excluding tert-OH is 1. The Morgan fingerprint density at radius 2 is 2.04 bits per heavy atom. The fourth-order valence-electron chi connectivity index (χ4n) is 3.51. The highest BCUT2D eigenvalue weighted by atomic mass is 32.5. The first kappa shape index (κ1) is 18.1. The van der Waals surface area contributed by atoms with Gasteiger partial charge >= 0.3 is 6.72 Å². The largest absolute Gasteiger partial charge is 0.386 e. The lowest BCUT2D eigenvalue weighted by Gasteiger charge is -2.30. The molecular weight excluding hydrogens is 405 g/mol. The van der Waals surface area contributed by atoms with Gasteiger partial charge < -0.3 is 25.0 Å². The van der Waals surface area contributed by atoms with E-state index in [-0.39, 0.29) is 12.4 Å². The van der Waals surface area contributed by atoms with Crippen LogP contribution in [0.1, 0.15) is 6.23 Å². The van der Waals surface area contributed by atoms with E-state index in [1.165, 1.54) is 6.33 Å². The molecule has 28 heavy (non-hydrogen) atoms. The molecule has 2 aliphatic heterocycles. The summed E-state index contributed by atoms with van der Waals surface area (Å²) in [4.78, 5) is 22.8. The highest BCUT2D eigenvalue weighted by Gasteiger charge is 2.51. The van der Waals surface area contributed by atoms with Crippen molar-refractivity contribution in [1.82, 2.24) is 19.5 Å². The van der Waals surface area contributed by atoms with Gasteiger partial charge in [0, 0.05) is 5.56 Å². The molecule has 0 bridgehead atoms. The van der Waals surface area contributed by atoms with Gasteiger partial charge in [-0.3, -0.25) is 9.09 Å². The third-order valence-electron chi connectivity index (χ3n) is 4.76. The molecule has 5 rings (SSSR count). The number of hydrogen-bond acceptors (Lipinski definition) is 9. The molecule has 5 unspecified atom stereocenters. The van der Waals surface area contributed by atoms with Crippen LogP contribution in [0.3, 0.4) is 0 Å². The minimum absolute atomic E-state index is 0.0242. The number of rotatable bonds is 2. The summed E-state index contributed by atoms with van der Waals surface area (Å²) >= 11 is 4.91. The molecule has 0 amide bonds. The Balaban J connectivity index is 1.66. The summed E-state index contributed by atoms with van der Waals surface area (Å²) in [7, 11) is 0. The Morgan fingerprint density at radius 1 is 1.25 bits per heavy atom. The maximum Gasteiger partial charge on any atom is 0.325 e. The molecule has 2 aromatic heterocycles. The number of hydrogen-bond donors (Lipinski definition) is 3. The number of anilines is 1. The zero-order valence-electron chi connectivity index (χ0n) is 14.3. The maximum absolute atomic E-state index is 10.9. The number of ether oxygens (including phenoxy) is 1. The molecule has 0 radical (unpaired) electrons. The van der Waals surface area contributed by atoms with E-state index >= 15 is 0 Å². The summed E-state index contributed by atoms with van der Waals surface area (Å²) in [6, 6.07) is 9.39. The lowest BCUT2D eigenvalue weighted by atomic mass is 10.1. The van der Waals surface area contributed by atoms with E-state index in [1.807, 2.05) is 30.3 Å². The van der Waals surface area contributed by atoms with Crippen LogP contribution >= 0.6 is 6.72 Å². The fraction of sp³-hybridized carbons (Fsp3) is 0.312. The Kier molecular flexibility index (Phi) is 4.21. The third-order valence-corrected chi connectivity index (χ3v) is 6.32. The number of benzene rings is 1. The molecular formula is C16H16N5O5PS. The number of nitrogens with two attached hydrogens (primary N) is 1. The van der Waals surface area contributed by atoms with E-state index in [1.54, 1.807) is 4.57 Å². The first-order valence-corrected chi connectivity index (χ1v) is 11.1. The average molecular weight is 421 g/mol.